The van der Waals surface area contributed by atoms with Crippen LogP contribution in [0.1, 0.15) is 39.1 Å². The molecule has 0 aliphatic heterocycles. The van der Waals surface area contributed by atoms with Crippen LogP contribution in [-0.2, 0) is 0 Å². The summed E-state index contributed by atoms with van der Waals surface area (Å²) in [5.41, 5.74) is 2.90. The highest BCUT2D eigenvalue weighted by molar-refractivity contribution is 7.13. The number of H-pyrrole nitrogens is 1. The van der Waals surface area contributed by atoms with Crippen molar-refractivity contribution in [2.75, 3.05) is 13.6 Å². The molecule has 2 amide bonds. The average Bonchev–Trinajstić information content (AvgIpc) is 3.46. The van der Waals surface area contributed by atoms with E-state index in [1.54, 1.807) is 42.8 Å². The number of amides is 2. The summed E-state index contributed by atoms with van der Waals surface area (Å²) in [6.45, 7) is 0.303. The Balaban J connectivity index is 1.39. The van der Waals surface area contributed by atoms with Gasteiger partial charge in [-0.05, 0) is 36.2 Å². The zero-order valence-electron chi connectivity index (χ0n) is 17.1. The van der Waals surface area contributed by atoms with Crippen molar-refractivity contribution < 1.29 is 14.7 Å². The van der Waals surface area contributed by atoms with E-state index in [0.717, 1.165) is 11.1 Å². The summed E-state index contributed by atoms with van der Waals surface area (Å²) in [5, 5.41) is 26.2. The van der Waals surface area contributed by atoms with E-state index in [-0.39, 0.29) is 11.8 Å². The summed E-state index contributed by atoms with van der Waals surface area (Å²) in [7, 11) is 1.55. The van der Waals surface area contributed by atoms with Crippen molar-refractivity contribution in [2.45, 2.75) is 12.5 Å². The number of carbonyl (C=O) groups excluding carboxylic acids is 2. The second-order valence-corrected chi connectivity index (χ2v) is 8.36. The van der Waals surface area contributed by atoms with Crippen LogP contribution >= 0.6 is 22.9 Å². The van der Waals surface area contributed by atoms with Crippen molar-refractivity contribution in [3.05, 3.63) is 69.8 Å². The van der Waals surface area contributed by atoms with E-state index in [2.05, 4.69) is 25.8 Å². The number of benzene rings is 2. The van der Waals surface area contributed by atoms with Crippen LogP contribution in [0.3, 0.4) is 0 Å². The molecule has 0 fully saturated rings. The molecule has 1 atom stereocenters. The Morgan fingerprint density at radius 3 is 2.72 bits per heavy atom. The smallest absolute Gasteiger partial charge is 0.272 e. The Morgan fingerprint density at radius 1 is 1.19 bits per heavy atom. The Morgan fingerprint density at radius 2 is 1.97 bits per heavy atom. The van der Waals surface area contributed by atoms with E-state index in [1.807, 2.05) is 12.1 Å². The molecule has 4 N–H and O–H groups in total. The summed E-state index contributed by atoms with van der Waals surface area (Å²) in [6, 6.07) is 12.4. The second kappa shape index (κ2) is 9.47. The predicted molar refractivity (Wildman–Crippen MR) is 124 cm³/mol. The Labute approximate surface area is 192 Å². The SMILES string of the molecule is CNC(=O)c1n[nH]c2cc(-c3nc(C(=O)NCC[C@H](O)c4ccc(Cl)cc4)cs3)ccc12. The van der Waals surface area contributed by atoms with E-state index in [4.69, 9.17) is 11.6 Å². The number of carbonyl (C=O) groups is 2. The maximum Gasteiger partial charge on any atom is 0.272 e. The number of rotatable bonds is 7. The lowest BCUT2D eigenvalue weighted by atomic mass is 10.1. The van der Waals surface area contributed by atoms with Gasteiger partial charge in [-0.2, -0.15) is 5.10 Å². The minimum absolute atomic E-state index is 0.265. The summed E-state index contributed by atoms with van der Waals surface area (Å²) in [6.07, 6.45) is -0.325. The van der Waals surface area contributed by atoms with Crippen LogP contribution in [-0.4, -0.2) is 45.7 Å². The summed E-state index contributed by atoms with van der Waals surface area (Å²) >= 11 is 7.21. The van der Waals surface area contributed by atoms with Gasteiger partial charge in [0.2, 0.25) is 0 Å². The third kappa shape index (κ3) is 4.64. The van der Waals surface area contributed by atoms with Crippen molar-refractivity contribution in [3.63, 3.8) is 0 Å². The summed E-state index contributed by atoms with van der Waals surface area (Å²) in [4.78, 5) is 28.8. The molecule has 0 aliphatic rings. The third-order valence-electron chi connectivity index (χ3n) is 4.95. The Bertz CT molecular complexity index is 1270. The van der Waals surface area contributed by atoms with Crippen molar-refractivity contribution in [2.24, 2.45) is 0 Å². The Hall–Kier alpha value is -3.27. The number of nitrogens with zero attached hydrogens (tertiary/aromatic N) is 2. The number of fused-ring (bicyclic) bond motifs is 1. The van der Waals surface area contributed by atoms with Crippen LogP contribution in [0.15, 0.2) is 47.8 Å². The first kappa shape index (κ1) is 21.9. The molecule has 32 heavy (non-hydrogen) atoms. The van der Waals surface area contributed by atoms with Crippen LogP contribution in [0.4, 0.5) is 0 Å². The number of nitrogens with one attached hydrogen (secondary N) is 3. The van der Waals surface area contributed by atoms with Gasteiger partial charge in [-0.1, -0.05) is 29.8 Å². The molecule has 4 rings (SSSR count). The lowest BCUT2D eigenvalue weighted by molar-refractivity contribution is 0.0935. The number of aromatic amines is 1. The fraction of sp³-hybridized carbons (Fsp3) is 0.182. The molecule has 0 saturated carbocycles. The number of halogens is 1. The van der Waals surface area contributed by atoms with Gasteiger partial charge in [0, 0.05) is 34.9 Å². The van der Waals surface area contributed by atoms with E-state index in [9.17, 15) is 14.7 Å². The van der Waals surface area contributed by atoms with Gasteiger partial charge in [-0.15, -0.1) is 11.3 Å². The molecule has 2 aromatic carbocycles. The first-order valence-electron chi connectivity index (χ1n) is 9.84. The lowest BCUT2D eigenvalue weighted by Gasteiger charge is -2.11. The van der Waals surface area contributed by atoms with E-state index < -0.39 is 6.10 Å². The molecule has 8 nitrogen and oxygen atoms in total. The molecule has 2 heterocycles. The normalized spacial score (nSPS) is 12.0. The predicted octanol–water partition coefficient (Wildman–Crippen LogP) is 3.55. The molecule has 10 heteroatoms. The summed E-state index contributed by atoms with van der Waals surface area (Å²) in [5.74, 6) is -0.571. The van der Waals surface area contributed by atoms with Crippen LogP contribution in [0, 0.1) is 0 Å². The van der Waals surface area contributed by atoms with Gasteiger partial charge >= 0.3 is 0 Å². The molecule has 0 saturated heterocycles. The monoisotopic (exact) mass is 469 g/mol. The van der Waals surface area contributed by atoms with Crippen LogP contribution in [0.2, 0.25) is 5.02 Å². The van der Waals surface area contributed by atoms with Crippen molar-refractivity contribution in [1.82, 2.24) is 25.8 Å². The highest BCUT2D eigenvalue weighted by Gasteiger charge is 2.16. The highest BCUT2D eigenvalue weighted by Crippen LogP contribution is 2.28. The number of thiazole rings is 1. The topological polar surface area (TPSA) is 120 Å². The molecule has 0 radical (unpaired) electrons. The van der Waals surface area contributed by atoms with Crippen molar-refractivity contribution in [1.29, 1.82) is 0 Å². The largest absolute Gasteiger partial charge is 0.388 e. The van der Waals surface area contributed by atoms with Crippen molar-refractivity contribution >= 4 is 45.7 Å². The fourth-order valence-corrected chi connectivity index (χ4v) is 4.14. The van der Waals surface area contributed by atoms with Crippen LogP contribution in [0.25, 0.3) is 21.5 Å². The summed E-state index contributed by atoms with van der Waals surface area (Å²) < 4.78 is 0. The van der Waals surface area contributed by atoms with E-state index in [1.165, 1.54) is 11.3 Å². The van der Waals surface area contributed by atoms with Gasteiger partial charge in [0.1, 0.15) is 10.7 Å². The molecular weight excluding hydrogens is 450 g/mol. The zero-order valence-corrected chi connectivity index (χ0v) is 18.6. The molecule has 0 bridgehead atoms. The number of aromatic nitrogens is 3. The lowest BCUT2D eigenvalue weighted by Crippen LogP contribution is -2.25. The fourth-order valence-electron chi connectivity index (χ4n) is 3.22. The molecular formula is C22H20ClN5O3S. The van der Waals surface area contributed by atoms with Crippen LogP contribution in [0.5, 0.6) is 0 Å². The minimum Gasteiger partial charge on any atom is -0.388 e. The van der Waals surface area contributed by atoms with Gasteiger partial charge < -0.3 is 15.7 Å². The molecule has 0 spiro atoms. The highest BCUT2D eigenvalue weighted by atomic mass is 35.5. The Kier molecular flexibility index (Phi) is 6.50. The van der Waals surface area contributed by atoms with Gasteiger partial charge in [0.05, 0.1) is 11.6 Å². The number of aliphatic hydroxyl groups excluding tert-OH is 1. The first-order chi connectivity index (χ1) is 15.5. The standard InChI is InChI=1S/C22H20ClN5O3S/c1-24-21(31)19-15-7-4-13(10-16(15)27-28-19)22-26-17(11-32-22)20(30)25-9-8-18(29)12-2-5-14(23)6-3-12/h2-7,10-11,18,29H,8-9H2,1H3,(H,24,31)(H,25,30)(H,27,28)/t18-/m0/s1. The quantitative estimate of drug-likeness (QED) is 0.330. The first-order valence-corrected chi connectivity index (χ1v) is 11.1. The van der Waals surface area contributed by atoms with E-state index in [0.29, 0.717) is 45.3 Å². The number of aliphatic hydroxyl groups is 1. The van der Waals surface area contributed by atoms with Gasteiger partial charge in [0.25, 0.3) is 11.8 Å². The van der Waals surface area contributed by atoms with E-state index >= 15 is 0 Å². The molecule has 164 valence electrons. The molecule has 4 aromatic rings. The third-order valence-corrected chi connectivity index (χ3v) is 6.09. The molecule has 0 aliphatic carbocycles. The second-order valence-electron chi connectivity index (χ2n) is 7.06. The van der Waals surface area contributed by atoms with Gasteiger partial charge in [-0.3, -0.25) is 14.7 Å². The molecule has 0 unspecified atom stereocenters. The minimum atomic E-state index is -0.695. The maximum absolute atomic E-state index is 12.4. The average molecular weight is 470 g/mol. The van der Waals surface area contributed by atoms with Crippen molar-refractivity contribution in [3.8, 4) is 10.6 Å². The van der Waals surface area contributed by atoms with Gasteiger partial charge in [0.15, 0.2) is 5.69 Å². The molecule has 2 aromatic heterocycles. The maximum atomic E-state index is 12.4. The van der Waals surface area contributed by atoms with Crippen LogP contribution < -0.4 is 10.6 Å². The van der Waals surface area contributed by atoms with Gasteiger partial charge in [-0.25, -0.2) is 4.98 Å². The number of hydrogen-bond donors (Lipinski definition) is 4. The zero-order chi connectivity index (χ0) is 22.7. The number of hydrogen-bond acceptors (Lipinski definition) is 6.